The molecule has 0 aromatic heterocycles. The summed E-state index contributed by atoms with van der Waals surface area (Å²) in [7, 11) is 0. The Kier molecular flexibility index (Phi) is 10.2. The maximum atomic E-state index is 11.0. The molecule has 2 aromatic rings. The third kappa shape index (κ3) is 5.99. The molecule has 22 heavy (non-hydrogen) atoms. The van der Waals surface area contributed by atoms with Crippen LogP contribution in [0.15, 0.2) is 48.5 Å². The number of nitriles is 1. The van der Waals surface area contributed by atoms with Crippen molar-refractivity contribution in [3.05, 3.63) is 59.7 Å². The van der Waals surface area contributed by atoms with Crippen LogP contribution in [0.3, 0.4) is 0 Å². The van der Waals surface area contributed by atoms with E-state index in [-0.39, 0.29) is 11.1 Å². The zero-order chi connectivity index (χ0) is 17.0. The van der Waals surface area contributed by atoms with Crippen LogP contribution in [-0.2, 0) is 0 Å². The number of hydrogen-bond acceptors (Lipinski definition) is 3. The lowest BCUT2D eigenvalue weighted by molar-refractivity contribution is 0.108. The minimum Gasteiger partial charge on any atom is -0.456 e. The van der Waals surface area contributed by atoms with Gasteiger partial charge in [0.1, 0.15) is 17.6 Å². The molecule has 2 aromatic carbocycles. The number of rotatable bonds is 3. The van der Waals surface area contributed by atoms with E-state index < -0.39 is 5.24 Å². The molecule has 0 radical (unpaired) electrons. The molecular formula is C18H20ClNO2. The molecule has 0 aliphatic rings. The second-order valence-corrected chi connectivity index (χ2v) is 3.85. The van der Waals surface area contributed by atoms with E-state index in [4.69, 9.17) is 21.6 Å². The lowest BCUT2D eigenvalue weighted by Gasteiger charge is -2.07. The number of para-hydroxylation sites is 1. The van der Waals surface area contributed by atoms with Crippen molar-refractivity contribution >= 4 is 16.8 Å². The molecule has 0 bridgehead atoms. The van der Waals surface area contributed by atoms with E-state index in [9.17, 15) is 4.79 Å². The summed E-state index contributed by atoms with van der Waals surface area (Å²) >= 11 is 5.36. The van der Waals surface area contributed by atoms with Crippen LogP contribution in [0.1, 0.15) is 43.6 Å². The van der Waals surface area contributed by atoms with E-state index in [2.05, 4.69) is 0 Å². The second kappa shape index (κ2) is 11.4. The molecule has 0 saturated heterocycles. The summed E-state index contributed by atoms with van der Waals surface area (Å²) in [5, 5.41) is 8.42. The zero-order valence-electron chi connectivity index (χ0n) is 13.3. The first-order chi connectivity index (χ1) is 10.7. The van der Waals surface area contributed by atoms with E-state index in [0.29, 0.717) is 11.5 Å². The fraction of sp³-hybridized carbons (Fsp3) is 0.222. The van der Waals surface area contributed by atoms with Gasteiger partial charge in [-0.3, -0.25) is 4.79 Å². The number of carbonyl (C=O) groups is 1. The van der Waals surface area contributed by atoms with Gasteiger partial charge in [0.2, 0.25) is 0 Å². The molecule has 0 aliphatic carbocycles. The SMILES string of the molecule is CC.CC.N#Cc1cc(C(=O)Cl)ccc1Oc1ccccc1. The van der Waals surface area contributed by atoms with Gasteiger partial charge in [-0.05, 0) is 41.9 Å². The number of nitrogens with zero attached hydrogens (tertiary/aromatic N) is 1. The largest absolute Gasteiger partial charge is 0.456 e. The summed E-state index contributed by atoms with van der Waals surface area (Å²) in [6.45, 7) is 8.00. The normalized spacial score (nSPS) is 8.36. The molecule has 116 valence electrons. The van der Waals surface area contributed by atoms with Crippen LogP contribution < -0.4 is 4.74 Å². The summed E-state index contributed by atoms with van der Waals surface area (Å²) in [4.78, 5) is 11.0. The lowest BCUT2D eigenvalue weighted by atomic mass is 10.1. The highest BCUT2D eigenvalue weighted by Gasteiger charge is 2.09. The van der Waals surface area contributed by atoms with Crippen molar-refractivity contribution in [2.45, 2.75) is 27.7 Å². The maximum Gasteiger partial charge on any atom is 0.252 e. The van der Waals surface area contributed by atoms with Gasteiger partial charge in [0, 0.05) is 5.56 Å². The molecule has 0 aliphatic heterocycles. The van der Waals surface area contributed by atoms with Crippen molar-refractivity contribution in [3.8, 4) is 17.6 Å². The molecule has 0 atom stereocenters. The van der Waals surface area contributed by atoms with Crippen LogP contribution in [0.25, 0.3) is 0 Å². The van der Waals surface area contributed by atoms with Crippen LogP contribution in [0.4, 0.5) is 0 Å². The van der Waals surface area contributed by atoms with E-state index in [1.165, 1.54) is 12.1 Å². The van der Waals surface area contributed by atoms with Crippen LogP contribution in [0.5, 0.6) is 11.5 Å². The Morgan fingerprint density at radius 1 is 1.05 bits per heavy atom. The van der Waals surface area contributed by atoms with Gasteiger partial charge in [-0.15, -0.1) is 0 Å². The number of hydrogen-bond donors (Lipinski definition) is 0. The quantitative estimate of drug-likeness (QED) is 0.674. The fourth-order valence-electron chi connectivity index (χ4n) is 1.44. The smallest absolute Gasteiger partial charge is 0.252 e. The third-order valence-electron chi connectivity index (χ3n) is 2.30. The average Bonchev–Trinajstić information content (AvgIpc) is 2.59. The molecule has 0 saturated carbocycles. The van der Waals surface area contributed by atoms with Crippen molar-refractivity contribution in [2.24, 2.45) is 0 Å². The van der Waals surface area contributed by atoms with E-state index in [1.54, 1.807) is 18.2 Å². The van der Waals surface area contributed by atoms with Crippen molar-refractivity contribution in [2.75, 3.05) is 0 Å². The topological polar surface area (TPSA) is 50.1 Å². The summed E-state index contributed by atoms with van der Waals surface area (Å²) in [6.07, 6.45) is 0. The van der Waals surface area contributed by atoms with Gasteiger partial charge in [-0.2, -0.15) is 5.26 Å². The van der Waals surface area contributed by atoms with Gasteiger partial charge >= 0.3 is 0 Å². The average molecular weight is 318 g/mol. The van der Waals surface area contributed by atoms with Crippen molar-refractivity contribution < 1.29 is 9.53 Å². The summed E-state index contributed by atoms with van der Waals surface area (Å²) < 4.78 is 5.56. The molecule has 0 fully saturated rings. The highest BCUT2D eigenvalue weighted by Crippen LogP contribution is 2.26. The Morgan fingerprint density at radius 2 is 1.64 bits per heavy atom. The number of halogens is 1. The zero-order valence-corrected chi connectivity index (χ0v) is 14.0. The molecular weight excluding hydrogens is 298 g/mol. The Labute approximate surface area is 137 Å². The van der Waals surface area contributed by atoms with Crippen molar-refractivity contribution in [1.82, 2.24) is 0 Å². The fourth-order valence-corrected chi connectivity index (χ4v) is 1.56. The van der Waals surface area contributed by atoms with Gasteiger partial charge in [-0.25, -0.2) is 0 Å². The van der Waals surface area contributed by atoms with Crippen molar-refractivity contribution in [3.63, 3.8) is 0 Å². The van der Waals surface area contributed by atoms with E-state index in [0.717, 1.165) is 0 Å². The predicted molar refractivity (Wildman–Crippen MR) is 90.6 cm³/mol. The van der Waals surface area contributed by atoms with Gasteiger partial charge in [0.15, 0.2) is 0 Å². The monoisotopic (exact) mass is 317 g/mol. The van der Waals surface area contributed by atoms with Crippen LogP contribution in [-0.4, -0.2) is 5.24 Å². The van der Waals surface area contributed by atoms with E-state index in [1.807, 2.05) is 52.0 Å². The van der Waals surface area contributed by atoms with Gasteiger partial charge < -0.3 is 4.74 Å². The number of benzene rings is 2. The van der Waals surface area contributed by atoms with Crippen LogP contribution >= 0.6 is 11.6 Å². The molecule has 4 heteroatoms. The first-order valence-electron chi connectivity index (χ1n) is 7.17. The molecule has 0 N–H and O–H groups in total. The molecule has 3 nitrogen and oxygen atoms in total. The predicted octanol–water partition coefficient (Wildman–Crippen LogP) is 5.78. The molecule has 2 rings (SSSR count). The number of ether oxygens (including phenoxy) is 1. The molecule has 0 heterocycles. The Bertz CT molecular complexity index is 619. The highest BCUT2D eigenvalue weighted by atomic mass is 35.5. The first-order valence-corrected chi connectivity index (χ1v) is 7.55. The Hall–Kier alpha value is -2.31. The van der Waals surface area contributed by atoms with Gasteiger partial charge in [-0.1, -0.05) is 45.9 Å². The minimum absolute atomic E-state index is 0.269. The van der Waals surface area contributed by atoms with Crippen LogP contribution in [0, 0.1) is 11.3 Å². The molecule has 0 spiro atoms. The number of carbonyl (C=O) groups excluding carboxylic acids is 1. The summed E-state index contributed by atoms with van der Waals surface area (Å²) in [6, 6.07) is 15.6. The third-order valence-corrected chi connectivity index (χ3v) is 2.52. The Balaban J connectivity index is 0.00000102. The van der Waals surface area contributed by atoms with Crippen molar-refractivity contribution in [1.29, 1.82) is 5.26 Å². The second-order valence-electron chi connectivity index (χ2n) is 3.51. The van der Waals surface area contributed by atoms with Crippen LogP contribution in [0.2, 0.25) is 0 Å². The summed E-state index contributed by atoms with van der Waals surface area (Å²) in [5.41, 5.74) is 0.541. The minimum atomic E-state index is -0.599. The molecule has 0 unspecified atom stereocenters. The molecule has 0 amide bonds. The Morgan fingerprint density at radius 3 is 2.14 bits per heavy atom. The standard InChI is InChI=1S/C14H8ClNO2.2C2H6/c15-14(17)10-6-7-13(11(8-10)9-16)18-12-4-2-1-3-5-12;2*1-2/h1-8H;2*1-2H3. The van der Waals surface area contributed by atoms with Gasteiger partial charge in [0.25, 0.3) is 5.24 Å². The lowest BCUT2D eigenvalue weighted by Crippen LogP contribution is -1.93. The summed E-state index contributed by atoms with van der Waals surface area (Å²) in [5.74, 6) is 1.02. The van der Waals surface area contributed by atoms with E-state index >= 15 is 0 Å². The maximum absolute atomic E-state index is 11.0. The van der Waals surface area contributed by atoms with Gasteiger partial charge in [0.05, 0.1) is 5.56 Å². The highest BCUT2D eigenvalue weighted by molar-refractivity contribution is 6.67. The first kappa shape index (κ1) is 19.7.